The van der Waals surface area contributed by atoms with Crippen LogP contribution in [-0.2, 0) is 19.1 Å². The van der Waals surface area contributed by atoms with Crippen molar-refractivity contribution >= 4 is 35.4 Å². The summed E-state index contributed by atoms with van der Waals surface area (Å²) in [5.74, 6) is -1.52. The van der Waals surface area contributed by atoms with Gasteiger partial charge in [-0.05, 0) is 283 Å². The zero-order valence-corrected chi connectivity index (χ0v) is 68.9. The molecule has 0 unspecified atom stereocenters. The number of piperidine rings is 7. The highest BCUT2D eigenvalue weighted by atomic mass is 35.5. The number of carboxylic acid groups (broad SMARTS) is 1. The van der Waals surface area contributed by atoms with E-state index in [-0.39, 0.29) is 121 Å². The number of nitrogens with one attached hydrogen (secondary N) is 2. The van der Waals surface area contributed by atoms with Crippen LogP contribution in [0.3, 0.4) is 0 Å². The fourth-order valence-electron chi connectivity index (χ4n) is 17.7. The number of aliphatic hydroxyl groups is 1. The smallest absolute Gasteiger partial charge is 0.338 e. The summed E-state index contributed by atoms with van der Waals surface area (Å²) in [6.07, 6.45) is 9.16. The van der Waals surface area contributed by atoms with Gasteiger partial charge in [0.05, 0.1) is 23.7 Å². The molecule has 7 saturated heterocycles. The van der Waals surface area contributed by atoms with E-state index in [9.17, 15) is 60.7 Å². The number of carboxylic acids is 1. The molecule has 1 aromatic rings. The molecule has 0 radical (unpaired) electrons. The second-order valence-corrected chi connectivity index (χ2v) is 39.1. The van der Waals surface area contributed by atoms with Crippen molar-refractivity contribution < 1.29 is 70.6 Å². The third-order valence-electron chi connectivity index (χ3n) is 21.2. The van der Waals surface area contributed by atoms with Crippen molar-refractivity contribution in [2.24, 2.45) is 17.6 Å². The highest BCUT2D eigenvalue weighted by molar-refractivity contribution is 6.27. The molecule has 25 nitrogen and oxygen atoms in total. The van der Waals surface area contributed by atoms with Gasteiger partial charge >= 0.3 is 11.9 Å². The van der Waals surface area contributed by atoms with Gasteiger partial charge in [0.15, 0.2) is 0 Å². The minimum absolute atomic E-state index is 0.00186. The van der Waals surface area contributed by atoms with E-state index in [4.69, 9.17) is 32.4 Å². The molecule has 0 spiro atoms. The van der Waals surface area contributed by atoms with Crippen LogP contribution >= 0.6 is 11.6 Å². The molecule has 102 heavy (non-hydrogen) atoms. The van der Waals surface area contributed by atoms with Gasteiger partial charge in [-0.15, -0.1) is 11.6 Å². The van der Waals surface area contributed by atoms with Gasteiger partial charge in [-0.3, -0.25) is 14.4 Å². The number of rotatable bonds is 6. The third kappa shape index (κ3) is 26.3. The fraction of sp³-hybridized carbons (Fsp3) is 0.855. The number of nitrogens with two attached hydrogens (primary N) is 1. The number of nitrogens with zero attached hydrogens (tertiary/aromatic N) is 8. The summed E-state index contributed by atoms with van der Waals surface area (Å²) in [5, 5.41) is 113. The average Bonchev–Trinajstić information content (AvgIpc) is 0.820. The lowest BCUT2D eigenvalue weighted by Gasteiger charge is -2.51. The van der Waals surface area contributed by atoms with Crippen molar-refractivity contribution in [3.8, 4) is 6.07 Å². The number of nitriles is 1. The quantitative estimate of drug-likeness (QED) is 0.0930. The molecule has 0 atom stereocenters. The number of hydroxylamine groups is 14. The molecular weight excluding hydrogens is 1330 g/mol. The first-order chi connectivity index (χ1) is 45.5. The van der Waals surface area contributed by atoms with E-state index in [0.717, 1.165) is 51.4 Å². The number of alkyl halides is 1. The summed E-state index contributed by atoms with van der Waals surface area (Å²) in [4.78, 5) is 45.3. The number of aliphatic hydroxyl groups excluding tert-OH is 1. The first-order valence-corrected chi connectivity index (χ1v) is 37.0. The minimum atomic E-state index is -0.765. The minimum Gasteiger partial charge on any atom is -0.481 e. The molecule has 26 heteroatoms. The summed E-state index contributed by atoms with van der Waals surface area (Å²) in [6.45, 7) is 56.4. The average molecular weight is 1470 g/mol. The number of benzene rings is 1. The maximum absolute atomic E-state index is 12.1. The van der Waals surface area contributed by atoms with Gasteiger partial charge in [0.25, 0.3) is 0 Å². The number of carbonyl (C=O) groups excluding carboxylic acids is 3. The van der Waals surface area contributed by atoms with Gasteiger partial charge in [0.1, 0.15) is 12.0 Å². The van der Waals surface area contributed by atoms with Crippen LogP contribution in [-0.4, -0.2) is 220 Å². The standard InChI is InChI=1S/C16H23NO3.C11H21ClN2O2.C11H22N2O2.C10H18N2O.C10H19NO3.C9H20N2O.C9H19NO2/c1-15(2)10-13(11-16(3,4)17(15)19)20-14(18)12-8-6-5-7-9-12;1-10(2)5-8(13-9(15)7-12)6-11(3,4)14(10)16;1-8(14)12-9-6-10(2,3)13(15)11(4,5)7-9;1-9(2)5-8(7-11)6-10(3,4)12(9)13;1-9(2)5-7(8(12)13)6-10(3,4)11(9)14;1-8(2)5-7(10)6-9(3,4)11(8)12;1-8(2)5-7(11)6-9(3,4)10(8)12/h5-9,13,19H,10-11H2,1-4H3;8,16H,5-7H2,1-4H3,(H,13,15);9,15H,6-7H2,1-5H3,(H,12,14);8,13H,5-6H2,1-4H3;7,14H,5-6H2,1-4H3,(H,12,13);7,12H,5-6,10H2,1-4H3;7,11-12H,5-6H2,1-4H3. The Balaban J connectivity index is 0.000000407. The van der Waals surface area contributed by atoms with Crippen LogP contribution in [0.25, 0.3) is 0 Å². The van der Waals surface area contributed by atoms with Crippen LogP contribution in [0.15, 0.2) is 30.3 Å². The van der Waals surface area contributed by atoms with Crippen LogP contribution in [0.2, 0.25) is 0 Å². The Labute approximate surface area is 618 Å². The number of esters is 1. The van der Waals surface area contributed by atoms with Crippen LogP contribution in [0.4, 0.5) is 0 Å². The zero-order chi connectivity index (χ0) is 79.9. The number of carbonyl (C=O) groups is 4. The van der Waals surface area contributed by atoms with Gasteiger partial charge in [-0.1, -0.05) is 18.2 Å². The molecule has 2 amide bonds. The molecule has 7 heterocycles. The summed E-state index contributed by atoms with van der Waals surface area (Å²) in [6, 6.07) is 11.7. The highest BCUT2D eigenvalue weighted by Gasteiger charge is 2.52. The Hall–Kier alpha value is -3.76. The van der Waals surface area contributed by atoms with E-state index in [1.54, 1.807) is 12.1 Å². The summed E-state index contributed by atoms with van der Waals surface area (Å²) in [5.41, 5.74) is 1.84. The third-order valence-corrected chi connectivity index (χ3v) is 21.4. The van der Waals surface area contributed by atoms with Crippen LogP contribution in [0.1, 0.15) is 301 Å². The summed E-state index contributed by atoms with van der Waals surface area (Å²) < 4.78 is 5.62. The molecule has 8 rings (SSSR count). The largest absolute Gasteiger partial charge is 0.481 e. The maximum atomic E-state index is 12.1. The zero-order valence-electron chi connectivity index (χ0n) is 68.1. The molecule has 7 aliphatic heterocycles. The van der Waals surface area contributed by atoms with Gasteiger partial charge in [-0.25, -0.2) is 4.79 Å². The summed E-state index contributed by atoms with van der Waals surface area (Å²) in [7, 11) is 0. The monoisotopic (exact) mass is 1470 g/mol. The van der Waals surface area contributed by atoms with Gasteiger partial charge in [0.2, 0.25) is 11.8 Å². The Morgan fingerprint density at radius 3 is 1.00 bits per heavy atom. The van der Waals surface area contributed by atoms with Crippen molar-refractivity contribution in [1.82, 2.24) is 46.1 Å². The number of amides is 2. The second-order valence-electron chi connectivity index (χ2n) is 38.9. The second kappa shape index (κ2) is 34.6. The fourth-order valence-corrected chi connectivity index (χ4v) is 17.8. The molecule has 592 valence electrons. The Morgan fingerprint density at radius 1 is 0.451 bits per heavy atom. The van der Waals surface area contributed by atoms with E-state index in [1.807, 2.05) is 212 Å². The lowest BCUT2D eigenvalue weighted by molar-refractivity contribution is -0.257. The molecular formula is C76H142ClN11O14. The number of hydrogen-bond donors (Lipinski definition) is 12. The van der Waals surface area contributed by atoms with Crippen LogP contribution < -0.4 is 16.4 Å². The SMILES string of the molecule is CC(=O)NC1CC(C)(C)N(O)C(C)(C)C1.CC1(C)CC(C#N)CC(C)(C)N1O.CC1(C)CC(C(=O)O)CC(C)(C)N1O.CC1(C)CC(N)CC(C)(C)N1O.CC1(C)CC(NC(=O)CCl)CC(C)(C)N1O.CC1(C)CC(O)CC(C)(C)N1O.CC1(C)CC(OC(=O)c2ccccc2)CC(C)(C)N1O. The van der Waals surface area contributed by atoms with Gasteiger partial charge in [0, 0.05) is 121 Å². The van der Waals surface area contributed by atoms with Crippen molar-refractivity contribution in [3.63, 3.8) is 0 Å². The predicted molar refractivity (Wildman–Crippen MR) is 397 cm³/mol. The van der Waals surface area contributed by atoms with E-state index < -0.39 is 28.1 Å². The first-order valence-electron chi connectivity index (χ1n) is 36.4. The molecule has 13 N–H and O–H groups in total. The molecule has 1 aromatic carbocycles. The van der Waals surface area contributed by atoms with Crippen molar-refractivity contribution in [2.75, 3.05) is 5.88 Å². The van der Waals surface area contributed by atoms with E-state index in [0.29, 0.717) is 44.1 Å². The number of hydrogen-bond acceptors (Lipinski definition) is 22. The molecule has 0 bridgehead atoms. The lowest BCUT2D eigenvalue weighted by atomic mass is 9.75. The topological polar surface area (TPSA) is 356 Å². The van der Waals surface area contributed by atoms with Gasteiger partial charge < -0.3 is 67.8 Å². The molecule has 0 aliphatic carbocycles. The highest BCUT2D eigenvalue weighted by Crippen LogP contribution is 2.44. The van der Waals surface area contributed by atoms with Gasteiger partial charge in [-0.2, -0.15) is 40.7 Å². The van der Waals surface area contributed by atoms with Crippen molar-refractivity contribution in [2.45, 2.75) is 399 Å². The van der Waals surface area contributed by atoms with Crippen molar-refractivity contribution in [3.05, 3.63) is 35.9 Å². The molecule has 7 aliphatic rings. The Morgan fingerprint density at radius 2 is 0.716 bits per heavy atom. The van der Waals surface area contributed by atoms with E-state index in [2.05, 4.69) is 16.7 Å². The normalized spacial score (nSPS) is 26.8. The van der Waals surface area contributed by atoms with Crippen LogP contribution in [0.5, 0.6) is 0 Å². The maximum Gasteiger partial charge on any atom is 0.338 e. The molecule has 0 saturated carbocycles. The van der Waals surface area contributed by atoms with Crippen molar-refractivity contribution in [1.29, 1.82) is 5.26 Å². The molecule has 7 fully saturated rings. The van der Waals surface area contributed by atoms with E-state index in [1.165, 1.54) is 42.4 Å². The number of ether oxygens (including phenoxy) is 1. The van der Waals surface area contributed by atoms with E-state index >= 15 is 0 Å². The van der Waals surface area contributed by atoms with Crippen LogP contribution in [0, 0.1) is 23.2 Å². The Kier molecular flexibility index (Phi) is 32.0. The summed E-state index contributed by atoms with van der Waals surface area (Å²) >= 11 is 5.47. The molecule has 0 aromatic heterocycles. The predicted octanol–water partition coefficient (Wildman–Crippen LogP) is 13.2. The Bertz CT molecular complexity index is 2760. The number of halogens is 1. The number of aliphatic carboxylic acids is 1. The lowest BCUT2D eigenvalue weighted by Crippen LogP contribution is -2.63. The first kappa shape index (κ1) is 94.3.